The smallest absolute Gasteiger partial charge is 0.338 e. The van der Waals surface area contributed by atoms with E-state index < -0.39 is 28.6 Å². The van der Waals surface area contributed by atoms with Gasteiger partial charge in [-0.25, -0.2) is 9.59 Å². The van der Waals surface area contributed by atoms with Gasteiger partial charge < -0.3 is 14.2 Å². The van der Waals surface area contributed by atoms with Gasteiger partial charge in [0.15, 0.2) is 11.2 Å². The quantitative estimate of drug-likeness (QED) is 0.583. The highest BCUT2D eigenvalue weighted by Gasteiger charge is 2.85. The molecule has 2 aliphatic heterocycles. The molecule has 3 aliphatic rings. The minimum Gasteiger partial charge on any atom is -0.451 e. The van der Waals surface area contributed by atoms with E-state index in [0.29, 0.717) is 11.1 Å². The molecule has 2 heterocycles. The van der Waals surface area contributed by atoms with Gasteiger partial charge in [-0.15, -0.1) is 0 Å². The molecule has 1 saturated carbocycles. The van der Waals surface area contributed by atoms with Gasteiger partial charge in [0, 0.05) is 16.7 Å². The zero-order valence-corrected chi connectivity index (χ0v) is 20.0. The Hall–Kier alpha value is -2.66. The predicted molar refractivity (Wildman–Crippen MR) is 124 cm³/mol. The number of hydrogen-bond acceptors (Lipinski definition) is 5. The lowest BCUT2D eigenvalue weighted by Crippen LogP contribution is -2.63. The van der Waals surface area contributed by atoms with E-state index in [1.54, 1.807) is 24.3 Å². The molecule has 174 valence electrons. The molecule has 0 N–H and O–H groups in total. The number of ether oxygens (including phenoxy) is 3. The third-order valence-corrected chi connectivity index (χ3v) is 9.74. The second-order valence-corrected chi connectivity index (χ2v) is 10.5. The Morgan fingerprint density at radius 2 is 1.27 bits per heavy atom. The Morgan fingerprint density at radius 1 is 0.788 bits per heavy atom. The van der Waals surface area contributed by atoms with Crippen molar-refractivity contribution in [1.29, 1.82) is 0 Å². The standard InChI is InChI=1S/C28H32O5/c1-18-25(2)21-16-17-22(31-21)26(25,3)28(5,33-24(30)20-14-10-7-11-15-20)27(18,4)32-23(29)19-12-8-6-9-13-19/h6-15,18,21-22H,16-17H2,1-5H3. The molecule has 2 aromatic carbocycles. The molecule has 0 aromatic heterocycles. The van der Waals surface area contributed by atoms with Crippen molar-refractivity contribution in [3.63, 3.8) is 0 Å². The van der Waals surface area contributed by atoms with Gasteiger partial charge in [-0.2, -0.15) is 0 Å². The fourth-order valence-electron chi connectivity index (χ4n) is 7.27. The summed E-state index contributed by atoms with van der Waals surface area (Å²) in [7, 11) is 0. The van der Waals surface area contributed by atoms with E-state index in [4.69, 9.17) is 14.2 Å². The van der Waals surface area contributed by atoms with Crippen molar-refractivity contribution in [3.05, 3.63) is 71.8 Å². The molecule has 5 heteroatoms. The van der Waals surface area contributed by atoms with Crippen LogP contribution >= 0.6 is 0 Å². The Morgan fingerprint density at radius 3 is 1.82 bits per heavy atom. The number of benzene rings is 2. The van der Waals surface area contributed by atoms with Crippen LogP contribution in [0.2, 0.25) is 0 Å². The lowest BCUT2D eigenvalue weighted by molar-refractivity contribution is -0.188. The third kappa shape index (κ3) is 2.63. The minimum atomic E-state index is -1.11. The van der Waals surface area contributed by atoms with Gasteiger partial charge in [-0.1, -0.05) is 57.2 Å². The van der Waals surface area contributed by atoms with E-state index in [0.717, 1.165) is 12.8 Å². The number of fused-ring (bicyclic) bond motifs is 5. The van der Waals surface area contributed by atoms with Crippen LogP contribution in [0.1, 0.15) is 68.2 Å². The Labute approximate surface area is 195 Å². The fourth-order valence-corrected chi connectivity index (χ4v) is 7.27. The van der Waals surface area contributed by atoms with Crippen LogP contribution < -0.4 is 0 Å². The molecule has 5 nitrogen and oxygen atoms in total. The fraction of sp³-hybridized carbons (Fsp3) is 0.500. The van der Waals surface area contributed by atoms with Gasteiger partial charge in [0.2, 0.25) is 0 Å². The maximum Gasteiger partial charge on any atom is 0.338 e. The van der Waals surface area contributed by atoms with Crippen LogP contribution in [-0.4, -0.2) is 35.3 Å². The van der Waals surface area contributed by atoms with Gasteiger partial charge in [0.05, 0.1) is 23.3 Å². The summed E-state index contributed by atoms with van der Waals surface area (Å²) >= 11 is 0. The lowest BCUT2D eigenvalue weighted by Gasteiger charge is -2.51. The molecular weight excluding hydrogens is 416 g/mol. The molecule has 33 heavy (non-hydrogen) atoms. The average molecular weight is 449 g/mol. The number of rotatable bonds is 4. The van der Waals surface area contributed by atoms with Gasteiger partial charge in [-0.3, -0.25) is 0 Å². The third-order valence-electron chi connectivity index (χ3n) is 9.74. The summed E-state index contributed by atoms with van der Waals surface area (Å²) in [6, 6.07) is 18.0. The average Bonchev–Trinajstić information content (AvgIpc) is 3.43. The molecule has 0 spiro atoms. The summed E-state index contributed by atoms with van der Waals surface area (Å²) in [5.74, 6) is -0.931. The molecular formula is C28H32O5. The highest BCUT2D eigenvalue weighted by atomic mass is 16.6. The van der Waals surface area contributed by atoms with Crippen molar-refractivity contribution in [3.8, 4) is 0 Å². The van der Waals surface area contributed by atoms with Crippen LogP contribution in [0.25, 0.3) is 0 Å². The number of carbonyl (C=O) groups excluding carboxylic acids is 2. The second-order valence-electron chi connectivity index (χ2n) is 10.5. The van der Waals surface area contributed by atoms with Crippen LogP contribution in [0.15, 0.2) is 60.7 Å². The van der Waals surface area contributed by atoms with Crippen molar-refractivity contribution in [2.75, 3.05) is 0 Å². The first kappa shape index (κ1) is 22.1. The van der Waals surface area contributed by atoms with Crippen molar-refractivity contribution < 1.29 is 23.8 Å². The van der Waals surface area contributed by atoms with Gasteiger partial charge in [0.25, 0.3) is 0 Å². The molecule has 7 atom stereocenters. The van der Waals surface area contributed by atoms with Crippen LogP contribution in [0.3, 0.4) is 0 Å². The van der Waals surface area contributed by atoms with Gasteiger partial charge in [0.1, 0.15) is 0 Å². The molecule has 2 bridgehead atoms. The summed E-state index contributed by atoms with van der Waals surface area (Å²) in [6.07, 6.45) is 1.84. The van der Waals surface area contributed by atoms with Crippen LogP contribution in [0.5, 0.6) is 0 Å². The topological polar surface area (TPSA) is 61.8 Å². The zero-order chi connectivity index (χ0) is 23.6. The molecule has 0 radical (unpaired) electrons. The van der Waals surface area contributed by atoms with Gasteiger partial charge >= 0.3 is 11.9 Å². The summed E-state index contributed by atoms with van der Waals surface area (Å²) < 4.78 is 19.3. The molecule has 7 unspecified atom stereocenters. The van der Waals surface area contributed by atoms with Crippen LogP contribution in [0, 0.1) is 16.7 Å². The predicted octanol–water partition coefficient (Wildman–Crippen LogP) is 5.44. The highest BCUT2D eigenvalue weighted by Crippen LogP contribution is 2.76. The summed E-state index contributed by atoms with van der Waals surface area (Å²) in [5.41, 5.74) is -2.06. The SMILES string of the molecule is CC1C(C)(OC(=O)c2ccccc2)C(C)(OC(=O)c2ccccc2)C2(C)C3CCC(O3)C12C. The van der Waals surface area contributed by atoms with E-state index in [1.807, 2.05) is 50.2 Å². The first-order valence-electron chi connectivity index (χ1n) is 11.8. The largest absolute Gasteiger partial charge is 0.451 e. The van der Waals surface area contributed by atoms with Crippen molar-refractivity contribution in [2.45, 2.75) is 70.9 Å². The molecule has 0 amide bonds. The molecule has 5 rings (SSSR count). The van der Waals surface area contributed by atoms with Crippen molar-refractivity contribution >= 4 is 11.9 Å². The van der Waals surface area contributed by atoms with Crippen molar-refractivity contribution in [1.82, 2.24) is 0 Å². The number of carbonyl (C=O) groups is 2. The highest BCUT2D eigenvalue weighted by molar-refractivity contribution is 5.91. The number of hydrogen-bond donors (Lipinski definition) is 0. The van der Waals surface area contributed by atoms with Crippen molar-refractivity contribution in [2.24, 2.45) is 16.7 Å². The maximum absolute atomic E-state index is 13.4. The van der Waals surface area contributed by atoms with Crippen LogP contribution in [0.4, 0.5) is 0 Å². The van der Waals surface area contributed by atoms with E-state index in [9.17, 15) is 9.59 Å². The van der Waals surface area contributed by atoms with Crippen LogP contribution in [-0.2, 0) is 14.2 Å². The second kappa shape index (κ2) is 7.17. The first-order valence-corrected chi connectivity index (χ1v) is 11.8. The van der Waals surface area contributed by atoms with E-state index in [1.165, 1.54) is 0 Å². The summed E-state index contributed by atoms with van der Waals surface area (Å²) in [4.78, 5) is 26.7. The van der Waals surface area contributed by atoms with Gasteiger partial charge in [-0.05, 0) is 51.0 Å². The first-order chi connectivity index (χ1) is 15.6. The lowest BCUT2D eigenvalue weighted by atomic mass is 9.54. The van der Waals surface area contributed by atoms with E-state index >= 15 is 0 Å². The molecule has 2 aromatic rings. The monoisotopic (exact) mass is 448 g/mol. The van der Waals surface area contributed by atoms with E-state index in [2.05, 4.69) is 20.8 Å². The van der Waals surface area contributed by atoms with E-state index in [-0.39, 0.29) is 23.5 Å². The maximum atomic E-state index is 13.4. The molecule has 3 fully saturated rings. The Balaban J connectivity index is 1.62. The normalized spacial score (nSPS) is 40.9. The Kier molecular flexibility index (Phi) is 4.81. The molecule has 2 saturated heterocycles. The molecule has 1 aliphatic carbocycles. The zero-order valence-electron chi connectivity index (χ0n) is 20.0. The summed E-state index contributed by atoms with van der Waals surface area (Å²) in [5, 5.41) is 0. The summed E-state index contributed by atoms with van der Waals surface area (Å²) in [6.45, 7) is 10.4. The minimum absolute atomic E-state index is 0.0366. The number of esters is 2. The Bertz CT molecular complexity index is 1080.